The molecule has 82 valence electrons. The van der Waals surface area contributed by atoms with Crippen LogP contribution in [0, 0.1) is 12.3 Å². The van der Waals surface area contributed by atoms with E-state index in [0.29, 0.717) is 17.2 Å². The Bertz CT molecular complexity index is 359. The zero-order valence-corrected chi connectivity index (χ0v) is 9.16. The van der Waals surface area contributed by atoms with Gasteiger partial charge in [0.25, 0.3) is 0 Å². The molecular weight excluding hydrogens is 188 g/mol. The van der Waals surface area contributed by atoms with Crippen molar-refractivity contribution in [1.82, 2.24) is 9.78 Å². The molecule has 0 atom stereocenters. The predicted octanol–water partition coefficient (Wildman–Crippen LogP) is 1.61. The number of nitrogen functional groups attached to an aromatic ring is 2. The van der Waals surface area contributed by atoms with Crippen molar-refractivity contribution in [3.63, 3.8) is 0 Å². The highest BCUT2D eigenvalue weighted by atomic mass is 15.3. The maximum Gasteiger partial charge on any atom is 0.160 e. The molecule has 0 aliphatic heterocycles. The van der Waals surface area contributed by atoms with Crippen molar-refractivity contribution in [1.29, 1.82) is 0 Å². The maximum atomic E-state index is 5.77. The second kappa shape index (κ2) is 5.30. The van der Waals surface area contributed by atoms with Crippen LogP contribution in [0.4, 0.5) is 11.5 Å². The Balaban J connectivity index is 2.59. The van der Waals surface area contributed by atoms with Gasteiger partial charge in [-0.25, -0.2) is 4.68 Å². The quantitative estimate of drug-likeness (QED) is 0.568. The van der Waals surface area contributed by atoms with Gasteiger partial charge in [-0.15, -0.1) is 6.42 Å². The average molecular weight is 206 g/mol. The zero-order chi connectivity index (χ0) is 11.3. The monoisotopic (exact) mass is 206 g/mol. The van der Waals surface area contributed by atoms with E-state index < -0.39 is 0 Å². The smallest absolute Gasteiger partial charge is 0.160 e. The van der Waals surface area contributed by atoms with E-state index in [4.69, 9.17) is 17.9 Å². The number of rotatable bonds is 5. The largest absolute Gasteiger partial charge is 0.393 e. The number of unbranched alkanes of at least 4 members (excludes halogenated alkanes) is 3. The van der Waals surface area contributed by atoms with E-state index in [1.54, 1.807) is 4.68 Å². The molecule has 1 rings (SSSR count). The number of anilines is 2. The highest BCUT2D eigenvalue weighted by Gasteiger charge is 2.09. The van der Waals surface area contributed by atoms with Crippen LogP contribution >= 0.6 is 0 Å². The van der Waals surface area contributed by atoms with E-state index in [1.165, 1.54) is 19.3 Å². The molecule has 15 heavy (non-hydrogen) atoms. The van der Waals surface area contributed by atoms with Crippen molar-refractivity contribution in [2.24, 2.45) is 0 Å². The highest BCUT2D eigenvalue weighted by molar-refractivity contribution is 5.66. The van der Waals surface area contributed by atoms with Gasteiger partial charge >= 0.3 is 0 Å². The molecule has 1 aromatic rings. The molecule has 0 amide bonds. The normalized spacial score (nSPS) is 10.1. The van der Waals surface area contributed by atoms with Crippen LogP contribution in [-0.2, 0) is 6.54 Å². The van der Waals surface area contributed by atoms with E-state index in [-0.39, 0.29) is 0 Å². The van der Waals surface area contributed by atoms with Crippen LogP contribution in [0.1, 0.15) is 38.3 Å². The third-order valence-electron chi connectivity index (χ3n) is 2.39. The van der Waals surface area contributed by atoms with Crippen molar-refractivity contribution < 1.29 is 0 Å². The fraction of sp³-hybridized carbons (Fsp3) is 0.545. The molecule has 0 unspecified atom stereocenters. The van der Waals surface area contributed by atoms with Gasteiger partial charge in [-0.3, -0.25) is 0 Å². The summed E-state index contributed by atoms with van der Waals surface area (Å²) in [5.74, 6) is 2.91. The number of hydrogen-bond acceptors (Lipinski definition) is 3. The van der Waals surface area contributed by atoms with Crippen molar-refractivity contribution >= 4 is 11.5 Å². The Labute approximate surface area is 90.6 Å². The predicted molar refractivity (Wildman–Crippen MR) is 63.1 cm³/mol. The van der Waals surface area contributed by atoms with Gasteiger partial charge in [0, 0.05) is 6.54 Å². The first-order valence-corrected chi connectivity index (χ1v) is 5.29. The minimum atomic E-state index is 0.424. The van der Waals surface area contributed by atoms with Gasteiger partial charge in [-0.1, -0.05) is 26.2 Å². The van der Waals surface area contributed by atoms with Gasteiger partial charge in [-0.05, 0) is 12.3 Å². The minimum absolute atomic E-state index is 0.424. The molecule has 1 aromatic heterocycles. The number of hydrogen-bond donors (Lipinski definition) is 2. The Hall–Kier alpha value is -1.63. The lowest BCUT2D eigenvalue weighted by Gasteiger charge is -2.03. The lowest BCUT2D eigenvalue weighted by molar-refractivity contribution is 0.546. The third-order valence-corrected chi connectivity index (χ3v) is 2.39. The fourth-order valence-corrected chi connectivity index (χ4v) is 1.45. The Kier molecular flexibility index (Phi) is 4.04. The van der Waals surface area contributed by atoms with Gasteiger partial charge < -0.3 is 11.5 Å². The Morgan fingerprint density at radius 2 is 2.07 bits per heavy atom. The third kappa shape index (κ3) is 2.66. The van der Waals surface area contributed by atoms with Crippen LogP contribution in [0.5, 0.6) is 0 Å². The molecule has 0 aromatic carbocycles. The fourth-order valence-electron chi connectivity index (χ4n) is 1.45. The summed E-state index contributed by atoms with van der Waals surface area (Å²) in [7, 11) is 0. The summed E-state index contributed by atoms with van der Waals surface area (Å²) in [5, 5.41) is 4.16. The maximum absolute atomic E-state index is 5.77. The van der Waals surface area contributed by atoms with Crippen molar-refractivity contribution in [2.45, 2.75) is 39.2 Å². The first-order valence-electron chi connectivity index (χ1n) is 5.29. The zero-order valence-electron chi connectivity index (χ0n) is 9.16. The van der Waals surface area contributed by atoms with Gasteiger partial charge in [-0.2, -0.15) is 5.10 Å². The number of terminal acetylenes is 1. The Morgan fingerprint density at radius 1 is 1.33 bits per heavy atom. The van der Waals surface area contributed by atoms with Crippen LogP contribution in [0.15, 0.2) is 0 Å². The molecule has 4 heteroatoms. The SMILES string of the molecule is C#Cc1nn(CCCCCC)c(N)c1N. The van der Waals surface area contributed by atoms with E-state index in [1.807, 2.05) is 0 Å². The molecule has 0 fully saturated rings. The van der Waals surface area contributed by atoms with E-state index >= 15 is 0 Å². The summed E-state index contributed by atoms with van der Waals surface area (Å²) in [6.45, 7) is 2.97. The summed E-state index contributed by atoms with van der Waals surface area (Å²) in [6, 6.07) is 0. The lowest BCUT2D eigenvalue weighted by atomic mass is 10.2. The molecule has 0 aliphatic carbocycles. The van der Waals surface area contributed by atoms with Gasteiger partial charge in [0.05, 0.1) is 0 Å². The molecule has 1 heterocycles. The number of nitrogens with two attached hydrogens (primary N) is 2. The summed E-state index contributed by atoms with van der Waals surface area (Å²) in [5.41, 5.74) is 12.3. The van der Waals surface area contributed by atoms with Crippen LogP contribution in [0.25, 0.3) is 0 Å². The van der Waals surface area contributed by atoms with Crippen LogP contribution in [0.3, 0.4) is 0 Å². The summed E-state index contributed by atoms with van der Waals surface area (Å²) in [6.07, 6.45) is 9.94. The molecule has 0 spiro atoms. The molecule has 0 saturated carbocycles. The first kappa shape index (κ1) is 11.4. The number of aryl methyl sites for hydroxylation is 1. The number of aromatic nitrogens is 2. The molecule has 4 nitrogen and oxygen atoms in total. The van der Waals surface area contributed by atoms with Crippen LogP contribution in [0.2, 0.25) is 0 Å². The molecule has 4 N–H and O–H groups in total. The average Bonchev–Trinajstić information content (AvgIpc) is 2.52. The first-order chi connectivity index (χ1) is 7.20. The van der Waals surface area contributed by atoms with E-state index in [0.717, 1.165) is 13.0 Å². The summed E-state index contributed by atoms with van der Waals surface area (Å²) >= 11 is 0. The van der Waals surface area contributed by atoms with E-state index in [9.17, 15) is 0 Å². The summed E-state index contributed by atoms with van der Waals surface area (Å²) < 4.78 is 1.69. The molecule has 0 aliphatic rings. The molecule has 0 radical (unpaired) electrons. The molecular formula is C11H18N4. The second-order valence-electron chi connectivity index (χ2n) is 3.58. The standard InChI is InChI=1S/C11H18N4/c1-3-5-6-7-8-15-11(13)10(12)9(4-2)14-15/h2H,3,5-8,12-13H2,1H3. The molecule has 0 saturated heterocycles. The van der Waals surface area contributed by atoms with Gasteiger partial charge in [0.2, 0.25) is 0 Å². The second-order valence-corrected chi connectivity index (χ2v) is 3.58. The van der Waals surface area contributed by atoms with Crippen molar-refractivity contribution in [3.8, 4) is 12.3 Å². The topological polar surface area (TPSA) is 69.9 Å². The van der Waals surface area contributed by atoms with Crippen molar-refractivity contribution in [2.75, 3.05) is 11.5 Å². The number of nitrogens with zero attached hydrogens (tertiary/aromatic N) is 2. The minimum Gasteiger partial charge on any atom is -0.393 e. The van der Waals surface area contributed by atoms with Crippen molar-refractivity contribution in [3.05, 3.63) is 5.69 Å². The highest BCUT2D eigenvalue weighted by Crippen LogP contribution is 2.19. The Morgan fingerprint density at radius 3 is 2.60 bits per heavy atom. The van der Waals surface area contributed by atoms with Crippen LogP contribution in [-0.4, -0.2) is 9.78 Å². The molecule has 0 bridgehead atoms. The van der Waals surface area contributed by atoms with E-state index in [2.05, 4.69) is 17.9 Å². The lowest BCUT2D eigenvalue weighted by Crippen LogP contribution is -2.05. The summed E-state index contributed by atoms with van der Waals surface area (Å²) in [4.78, 5) is 0. The van der Waals surface area contributed by atoms with Crippen LogP contribution < -0.4 is 11.5 Å². The van der Waals surface area contributed by atoms with Gasteiger partial charge in [0.1, 0.15) is 11.5 Å². The van der Waals surface area contributed by atoms with Gasteiger partial charge in [0.15, 0.2) is 5.69 Å².